The Morgan fingerprint density at radius 2 is 2.18 bits per heavy atom. The van der Waals surface area contributed by atoms with Gasteiger partial charge in [-0.2, -0.15) is 5.10 Å². The second-order valence-electron chi connectivity index (χ2n) is 6.25. The van der Waals surface area contributed by atoms with Crippen LogP contribution in [0.1, 0.15) is 51.0 Å². The third-order valence-electron chi connectivity index (χ3n) is 4.32. The van der Waals surface area contributed by atoms with Gasteiger partial charge in [-0.05, 0) is 37.7 Å². The van der Waals surface area contributed by atoms with Gasteiger partial charge in [0.1, 0.15) is 0 Å². The van der Waals surface area contributed by atoms with Crippen molar-refractivity contribution in [2.24, 2.45) is 18.0 Å². The number of aryl methyl sites for hydroxylation is 1. The molecule has 0 aliphatic heterocycles. The van der Waals surface area contributed by atoms with Crippen LogP contribution in [0.4, 0.5) is 0 Å². The van der Waals surface area contributed by atoms with Crippen molar-refractivity contribution in [2.75, 3.05) is 19.6 Å². The van der Waals surface area contributed by atoms with Crippen LogP contribution >= 0.6 is 0 Å². The minimum atomic E-state index is 0.889. The highest BCUT2D eigenvalue weighted by atomic mass is 15.2. The van der Waals surface area contributed by atoms with Crippen LogP contribution in [0.25, 0.3) is 0 Å². The van der Waals surface area contributed by atoms with Crippen LogP contribution in [0.5, 0.6) is 0 Å². The average molecular weight is 305 g/mol. The molecule has 1 aromatic heterocycles. The summed E-state index contributed by atoms with van der Waals surface area (Å²) in [6, 6.07) is 0. The van der Waals surface area contributed by atoms with Crippen LogP contribution in [0.3, 0.4) is 0 Å². The zero-order valence-electron chi connectivity index (χ0n) is 14.1. The normalized spacial score (nSPS) is 16.2. The Morgan fingerprint density at radius 3 is 2.86 bits per heavy atom. The molecule has 0 saturated heterocycles. The third-order valence-corrected chi connectivity index (χ3v) is 4.32. The first-order valence-electron chi connectivity index (χ1n) is 8.77. The summed E-state index contributed by atoms with van der Waals surface area (Å²) >= 11 is 0. The molecule has 0 radical (unpaired) electrons. The van der Waals surface area contributed by atoms with Crippen molar-refractivity contribution in [1.82, 2.24) is 20.4 Å². The van der Waals surface area contributed by atoms with E-state index in [1.54, 1.807) is 0 Å². The molecule has 1 aliphatic rings. The van der Waals surface area contributed by atoms with E-state index in [0.717, 1.165) is 37.9 Å². The first-order chi connectivity index (χ1) is 10.8. The minimum Gasteiger partial charge on any atom is -0.357 e. The molecule has 0 spiro atoms. The molecule has 5 heteroatoms. The van der Waals surface area contributed by atoms with Gasteiger partial charge in [0.25, 0.3) is 0 Å². The van der Waals surface area contributed by atoms with Crippen molar-refractivity contribution >= 4 is 5.96 Å². The van der Waals surface area contributed by atoms with E-state index in [-0.39, 0.29) is 0 Å². The monoisotopic (exact) mass is 305 g/mol. The van der Waals surface area contributed by atoms with Crippen molar-refractivity contribution in [3.8, 4) is 0 Å². The zero-order valence-corrected chi connectivity index (χ0v) is 14.1. The van der Waals surface area contributed by atoms with Crippen molar-refractivity contribution < 1.29 is 0 Å². The molecule has 2 rings (SSSR count). The van der Waals surface area contributed by atoms with Crippen LogP contribution < -0.4 is 10.6 Å². The lowest BCUT2D eigenvalue weighted by Crippen LogP contribution is -2.38. The quantitative estimate of drug-likeness (QED) is 0.441. The topological polar surface area (TPSA) is 54.2 Å². The Labute approximate surface area is 134 Å². The van der Waals surface area contributed by atoms with Gasteiger partial charge >= 0.3 is 0 Å². The van der Waals surface area contributed by atoms with E-state index in [4.69, 9.17) is 0 Å². The first kappa shape index (κ1) is 16.8. The maximum Gasteiger partial charge on any atom is 0.191 e. The van der Waals surface area contributed by atoms with Gasteiger partial charge in [0.05, 0.1) is 6.20 Å². The van der Waals surface area contributed by atoms with Crippen LogP contribution in [0.15, 0.2) is 17.4 Å². The van der Waals surface area contributed by atoms with Gasteiger partial charge in [-0.3, -0.25) is 9.67 Å². The van der Waals surface area contributed by atoms with Gasteiger partial charge in [0.15, 0.2) is 5.96 Å². The van der Waals surface area contributed by atoms with Crippen LogP contribution in [0.2, 0.25) is 0 Å². The number of nitrogens with zero attached hydrogens (tertiary/aromatic N) is 3. The summed E-state index contributed by atoms with van der Waals surface area (Å²) in [5.41, 5.74) is 1.26. The lowest BCUT2D eigenvalue weighted by molar-refractivity contribution is 0.487. The maximum absolute atomic E-state index is 4.68. The molecule has 0 unspecified atom stereocenters. The molecule has 1 heterocycles. The predicted octanol–water partition coefficient (Wildman–Crippen LogP) is 2.49. The molecule has 0 aromatic carbocycles. The Balaban J connectivity index is 1.65. The van der Waals surface area contributed by atoms with Crippen LogP contribution in [-0.2, 0) is 13.5 Å². The minimum absolute atomic E-state index is 0.889. The molecule has 5 nitrogen and oxygen atoms in total. The zero-order chi connectivity index (χ0) is 15.6. The first-order valence-corrected chi connectivity index (χ1v) is 8.77. The van der Waals surface area contributed by atoms with Crippen LogP contribution in [0, 0.1) is 5.92 Å². The Morgan fingerprint density at radius 1 is 1.36 bits per heavy atom. The van der Waals surface area contributed by atoms with E-state index >= 15 is 0 Å². The van der Waals surface area contributed by atoms with Crippen molar-refractivity contribution in [3.63, 3.8) is 0 Å². The van der Waals surface area contributed by atoms with E-state index in [1.807, 2.05) is 17.9 Å². The fraction of sp³-hybridized carbons (Fsp3) is 0.765. The molecular formula is C17H31N5. The van der Waals surface area contributed by atoms with Crippen molar-refractivity contribution in [2.45, 2.75) is 51.9 Å². The summed E-state index contributed by atoms with van der Waals surface area (Å²) < 4.78 is 1.84. The van der Waals surface area contributed by atoms with Gasteiger partial charge < -0.3 is 10.6 Å². The molecule has 124 valence electrons. The molecule has 1 saturated carbocycles. The third kappa shape index (κ3) is 6.08. The molecular weight excluding hydrogens is 274 g/mol. The number of nitrogens with one attached hydrogen (secondary N) is 2. The summed E-state index contributed by atoms with van der Waals surface area (Å²) in [7, 11) is 1.95. The fourth-order valence-electron chi connectivity index (χ4n) is 3.14. The number of rotatable bonds is 8. The summed E-state index contributed by atoms with van der Waals surface area (Å²) in [6.07, 6.45) is 13.3. The largest absolute Gasteiger partial charge is 0.357 e. The van der Waals surface area contributed by atoms with Gasteiger partial charge in [0, 0.05) is 32.9 Å². The van der Waals surface area contributed by atoms with E-state index in [1.165, 1.54) is 44.1 Å². The van der Waals surface area contributed by atoms with Gasteiger partial charge in [0.2, 0.25) is 0 Å². The van der Waals surface area contributed by atoms with Crippen molar-refractivity contribution in [3.05, 3.63) is 18.0 Å². The Bertz CT molecular complexity index is 446. The summed E-state index contributed by atoms with van der Waals surface area (Å²) in [4.78, 5) is 4.68. The second-order valence-corrected chi connectivity index (χ2v) is 6.25. The Kier molecular flexibility index (Phi) is 7.26. The molecule has 0 atom stereocenters. The number of hydrogen-bond donors (Lipinski definition) is 2. The molecule has 0 bridgehead atoms. The Hall–Kier alpha value is -1.52. The lowest BCUT2D eigenvalue weighted by atomic mass is 10.0. The number of aliphatic imine (C=N–C) groups is 1. The fourth-order valence-corrected chi connectivity index (χ4v) is 3.14. The van der Waals surface area contributed by atoms with E-state index in [0.29, 0.717) is 0 Å². The van der Waals surface area contributed by atoms with Gasteiger partial charge in [-0.25, -0.2) is 0 Å². The second kappa shape index (κ2) is 9.49. The van der Waals surface area contributed by atoms with Gasteiger partial charge in [-0.1, -0.05) is 25.7 Å². The molecule has 2 N–H and O–H groups in total. The highest BCUT2D eigenvalue weighted by Crippen LogP contribution is 2.28. The summed E-state index contributed by atoms with van der Waals surface area (Å²) in [5, 5.41) is 10.9. The smallest absolute Gasteiger partial charge is 0.191 e. The van der Waals surface area contributed by atoms with Gasteiger partial charge in [-0.15, -0.1) is 0 Å². The molecule has 22 heavy (non-hydrogen) atoms. The number of hydrogen-bond acceptors (Lipinski definition) is 2. The summed E-state index contributed by atoms with van der Waals surface area (Å²) in [5.74, 6) is 1.91. The summed E-state index contributed by atoms with van der Waals surface area (Å²) in [6.45, 7) is 4.83. The van der Waals surface area contributed by atoms with E-state index in [9.17, 15) is 0 Å². The molecule has 1 aliphatic carbocycles. The predicted molar refractivity (Wildman–Crippen MR) is 92.1 cm³/mol. The van der Waals surface area contributed by atoms with Crippen molar-refractivity contribution in [1.29, 1.82) is 0 Å². The SMILES string of the molecule is CCNC(=NCCCC1CCCC1)NCCc1cnn(C)c1. The maximum atomic E-state index is 4.68. The molecule has 1 fully saturated rings. The van der Waals surface area contributed by atoms with Crippen LogP contribution in [-0.4, -0.2) is 35.4 Å². The molecule has 0 amide bonds. The highest BCUT2D eigenvalue weighted by Gasteiger charge is 2.13. The number of guanidine groups is 1. The van der Waals surface area contributed by atoms with E-state index in [2.05, 4.69) is 33.8 Å². The highest BCUT2D eigenvalue weighted by molar-refractivity contribution is 5.79. The molecule has 1 aromatic rings. The number of aromatic nitrogens is 2. The van der Waals surface area contributed by atoms with E-state index < -0.39 is 0 Å². The lowest BCUT2D eigenvalue weighted by Gasteiger charge is -2.11. The average Bonchev–Trinajstić information content (AvgIpc) is 3.15. The standard InChI is InChI=1S/C17H31N5/c1-3-18-17(19-11-6-9-15-7-4-5-8-15)20-12-10-16-13-21-22(2)14-16/h13-15H,3-12H2,1-2H3,(H2,18,19,20).